The summed E-state index contributed by atoms with van der Waals surface area (Å²) in [5.74, 6) is 1.50. The molecule has 3 rings (SSSR count). The maximum atomic E-state index is 6.06. The fourth-order valence-electron chi connectivity index (χ4n) is 3.93. The van der Waals surface area contributed by atoms with E-state index in [1.54, 1.807) is 0 Å². The molecule has 0 aliphatic heterocycles. The van der Waals surface area contributed by atoms with Crippen molar-refractivity contribution in [2.24, 2.45) is 17.6 Å². The Balaban J connectivity index is 2.03. The van der Waals surface area contributed by atoms with Crippen LogP contribution in [0.1, 0.15) is 44.2 Å². The minimum Gasteiger partial charge on any atom is -0.344 e. The highest BCUT2D eigenvalue weighted by atomic mass is 15.0. The summed E-state index contributed by atoms with van der Waals surface area (Å²) in [7, 11) is 0. The standard InChI is InChI=1S/C18H26N2/c1-3-14-8-9-15(11-19)18(10-14)20-12-13(2)16-6-4-5-7-17(16)20/h4-7,12,14-15,18H,3,8-11,19H2,1-2H3. The van der Waals surface area contributed by atoms with Gasteiger partial charge >= 0.3 is 0 Å². The van der Waals surface area contributed by atoms with Gasteiger partial charge in [0.05, 0.1) is 0 Å². The molecular formula is C18H26N2. The van der Waals surface area contributed by atoms with Gasteiger partial charge in [-0.25, -0.2) is 0 Å². The quantitative estimate of drug-likeness (QED) is 0.887. The molecule has 0 amide bonds. The van der Waals surface area contributed by atoms with Crippen molar-refractivity contribution in [3.05, 3.63) is 36.0 Å². The molecule has 1 heterocycles. The van der Waals surface area contributed by atoms with Gasteiger partial charge in [-0.3, -0.25) is 0 Å². The Bertz CT molecular complexity index is 584. The maximum absolute atomic E-state index is 6.06. The van der Waals surface area contributed by atoms with E-state index in [-0.39, 0.29) is 0 Å². The van der Waals surface area contributed by atoms with E-state index < -0.39 is 0 Å². The number of nitrogens with zero attached hydrogens (tertiary/aromatic N) is 1. The molecule has 0 saturated heterocycles. The molecule has 1 aromatic carbocycles. The molecule has 3 unspecified atom stereocenters. The lowest BCUT2D eigenvalue weighted by Crippen LogP contribution is -2.32. The summed E-state index contributed by atoms with van der Waals surface area (Å²) < 4.78 is 2.52. The second-order valence-corrected chi connectivity index (χ2v) is 6.39. The van der Waals surface area contributed by atoms with E-state index in [9.17, 15) is 0 Å². The average molecular weight is 270 g/mol. The predicted molar refractivity (Wildman–Crippen MR) is 85.9 cm³/mol. The predicted octanol–water partition coefficient (Wildman–Crippen LogP) is 4.28. The zero-order chi connectivity index (χ0) is 14.1. The largest absolute Gasteiger partial charge is 0.344 e. The normalized spacial score (nSPS) is 27.1. The van der Waals surface area contributed by atoms with Gasteiger partial charge in [0, 0.05) is 23.1 Å². The zero-order valence-electron chi connectivity index (χ0n) is 12.7. The number of aryl methyl sites for hydroxylation is 1. The third kappa shape index (κ3) is 2.26. The van der Waals surface area contributed by atoms with E-state index in [0.717, 1.165) is 12.5 Å². The summed E-state index contributed by atoms with van der Waals surface area (Å²) in [6, 6.07) is 9.35. The fourth-order valence-corrected chi connectivity index (χ4v) is 3.93. The highest BCUT2D eigenvalue weighted by molar-refractivity contribution is 5.83. The summed E-state index contributed by atoms with van der Waals surface area (Å²) in [6.07, 6.45) is 7.57. The molecule has 1 saturated carbocycles. The first-order chi connectivity index (χ1) is 9.74. The molecule has 0 spiro atoms. The molecule has 1 aliphatic carbocycles. The maximum Gasteiger partial charge on any atom is 0.0485 e. The van der Waals surface area contributed by atoms with Crippen molar-refractivity contribution in [3.8, 4) is 0 Å². The molecule has 1 aliphatic rings. The van der Waals surface area contributed by atoms with Crippen molar-refractivity contribution in [1.82, 2.24) is 4.57 Å². The van der Waals surface area contributed by atoms with Crippen LogP contribution in [0.5, 0.6) is 0 Å². The number of nitrogens with two attached hydrogens (primary N) is 1. The smallest absolute Gasteiger partial charge is 0.0485 e. The summed E-state index contributed by atoms with van der Waals surface area (Å²) >= 11 is 0. The van der Waals surface area contributed by atoms with Gasteiger partial charge in [-0.05, 0) is 56.2 Å². The van der Waals surface area contributed by atoms with Gasteiger partial charge < -0.3 is 10.3 Å². The van der Waals surface area contributed by atoms with Gasteiger partial charge in [-0.1, -0.05) is 31.5 Å². The molecule has 1 aromatic heterocycles. The minimum absolute atomic E-state index is 0.581. The molecule has 2 aromatic rings. The summed E-state index contributed by atoms with van der Waals surface area (Å²) in [6.45, 7) is 5.35. The number of rotatable bonds is 3. The molecular weight excluding hydrogens is 244 g/mol. The van der Waals surface area contributed by atoms with E-state index in [1.807, 2.05) is 0 Å². The Labute approximate surface area is 122 Å². The van der Waals surface area contributed by atoms with E-state index in [1.165, 1.54) is 42.1 Å². The van der Waals surface area contributed by atoms with Crippen LogP contribution in [0.25, 0.3) is 10.9 Å². The Morgan fingerprint density at radius 1 is 1.25 bits per heavy atom. The number of hydrogen-bond acceptors (Lipinski definition) is 1. The average Bonchev–Trinajstić information content (AvgIpc) is 2.84. The summed E-state index contributed by atoms with van der Waals surface area (Å²) in [5, 5.41) is 1.39. The van der Waals surface area contributed by atoms with Gasteiger partial charge in [0.1, 0.15) is 0 Å². The SMILES string of the molecule is CCC1CCC(CN)C(n2cc(C)c3ccccc32)C1. The first-order valence-corrected chi connectivity index (χ1v) is 8.00. The van der Waals surface area contributed by atoms with Gasteiger partial charge in [0.15, 0.2) is 0 Å². The Kier molecular flexibility index (Phi) is 3.84. The molecule has 0 bridgehead atoms. The number of fused-ring (bicyclic) bond motifs is 1. The van der Waals surface area contributed by atoms with Crippen molar-refractivity contribution in [1.29, 1.82) is 0 Å². The molecule has 108 valence electrons. The highest BCUT2D eigenvalue weighted by Gasteiger charge is 2.30. The monoisotopic (exact) mass is 270 g/mol. The van der Waals surface area contributed by atoms with Gasteiger partial charge in [0.25, 0.3) is 0 Å². The highest BCUT2D eigenvalue weighted by Crippen LogP contribution is 2.40. The second kappa shape index (κ2) is 5.61. The molecule has 2 N–H and O–H groups in total. The van der Waals surface area contributed by atoms with Crippen LogP contribution in [0, 0.1) is 18.8 Å². The molecule has 0 radical (unpaired) electrons. The van der Waals surface area contributed by atoms with Crippen molar-refractivity contribution in [2.45, 2.75) is 45.6 Å². The molecule has 2 nitrogen and oxygen atoms in total. The van der Waals surface area contributed by atoms with Crippen molar-refractivity contribution in [3.63, 3.8) is 0 Å². The van der Waals surface area contributed by atoms with E-state index in [0.29, 0.717) is 12.0 Å². The zero-order valence-corrected chi connectivity index (χ0v) is 12.7. The number of para-hydroxylation sites is 1. The van der Waals surface area contributed by atoms with Crippen LogP contribution < -0.4 is 5.73 Å². The van der Waals surface area contributed by atoms with E-state index in [2.05, 4.69) is 48.9 Å². The Morgan fingerprint density at radius 3 is 2.80 bits per heavy atom. The summed E-state index contributed by atoms with van der Waals surface area (Å²) in [5.41, 5.74) is 8.82. The Morgan fingerprint density at radius 2 is 2.05 bits per heavy atom. The third-order valence-electron chi connectivity index (χ3n) is 5.24. The van der Waals surface area contributed by atoms with Gasteiger partial charge in [0.2, 0.25) is 0 Å². The minimum atomic E-state index is 0.581. The van der Waals surface area contributed by atoms with Crippen molar-refractivity contribution >= 4 is 10.9 Å². The first-order valence-electron chi connectivity index (χ1n) is 8.00. The lowest BCUT2D eigenvalue weighted by Gasteiger charge is -2.36. The van der Waals surface area contributed by atoms with Crippen LogP contribution in [-0.4, -0.2) is 11.1 Å². The lowest BCUT2D eigenvalue weighted by molar-refractivity contribution is 0.188. The molecule has 1 fully saturated rings. The Hall–Kier alpha value is -1.28. The first kappa shape index (κ1) is 13.7. The van der Waals surface area contributed by atoms with Gasteiger partial charge in [-0.2, -0.15) is 0 Å². The fraction of sp³-hybridized carbons (Fsp3) is 0.556. The summed E-state index contributed by atoms with van der Waals surface area (Å²) in [4.78, 5) is 0. The van der Waals surface area contributed by atoms with E-state index in [4.69, 9.17) is 5.73 Å². The third-order valence-corrected chi connectivity index (χ3v) is 5.24. The second-order valence-electron chi connectivity index (χ2n) is 6.39. The number of benzene rings is 1. The number of hydrogen-bond donors (Lipinski definition) is 1. The van der Waals surface area contributed by atoms with E-state index >= 15 is 0 Å². The molecule has 20 heavy (non-hydrogen) atoms. The van der Waals surface area contributed by atoms with Crippen LogP contribution in [0.3, 0.4) is 0 Å². The number of aromatic nitrogens is 1. The molecule has 2 heteroatoms. The lowest BCUT2D eigenvalue weighted by atomic mass is 9.77. The van der Waals surface area contributed by atoms with Crippen LogP contribution in [0.15, 0.2) is 30.5 Å². The van der Waals surface area contributed by atoms with Crippen LogP contribution >= 0.6 is 0 Å². The van der Waals surface area contributed by atoms with Gasteiger partial charge in [-0.15, -0.1) is 0 Å². The topological polar surface area (TPSA) is 30.9 Å². The van der Waals surface area contributed by atoms with Crippen LogP contribution in [-0.2, 0) is 0 Å². The van der Waals surface area contributed by atoms with Crippen LogP contribution in [0.2, 0.25) is 0 Å². The van der Waals surface area contributed by atoms with Crippen LogP contribution in [0.4, 0.5) is 0 Å². The molecule has 3 atom stereocenters. The van der Waals surface area contributed by atoms with Crippen molar-refractivity contribution in [2.75, 3.05) is 6.54 Å². The van der Waals surface area contributed by atoms with Crippen molar-refractivity contribution < 1.29 is 0 Å².